The summed E-state index contributed by atoms with van der Waals surface area (Å²) < 4.78 is 0. The van der Waals surface area contributed by atoms with Crippen LogP contribution in [0.5, 0.6) is 0 Å². The molecule has 2 N–H and O–H groups in total. The smallest absolute Gasteiger partial charge is 0.0396 e. The highest BCUT2D eigenvalue weighted by molar-refractivity contribution is 5.55. The Bertz CT molecular complexity index is 427. The third-order valence-electron chi connectivity index (χ3n) is 4.73. The first-order valence-corrected chi connectivity index (χ1v) is 7.49. The molecule has 0 amide bonds. The van der Waals surface area contributed by atoms with Crippen LogP contribution in [-0.4, -0.2) is 20.1 Å². The van der Waals surface area contributed by atoms with E-state index in [1.54, 1.807) is 0 Å². The fourth-order valence-corrected chi connectivity index (χ4v) is 3.09. The first kappa shape index (κ1) is 14.4. The van der Waals surface area contributed by atoms with E-state index in [2.05, 4.69) is 50.9 Å². The van der Waals surface area contributed by atoms with E-state index in [1.807, 2.05) is 0 Å². The van der Waals surface area contributed by atoms with Gasteiger partial charge in [0.1, 0.15) is 0 Å². The molecule has 2 rings (SSSR count). The van der Waals surface area contributed by atoms with Crippen LogP contribution >= 0.6 is 0 Å². The lowest BCUT2D eigenvalue weighted by atomic mass is 9.68. The predicted molar refractivity (Wildman–Crippen MR) is 83.9 cm³/mol. The third kappa shape index (κ3) is 2.94. The maximum atomic E-state index is 5.98. The molecule has 1 saturated carbocycles. The first-order valence-electron chi connectivity index (χ1n) is 7.49. The van der Waals surface area contributed by atoms with Crippen molar-refractivity contribution in [3.8, 4) is 0 Å². The van der Waals surface area contributed by atoms with Crippen molar-refractivity contribution in [3.05, 3.63) is 29.3 Å². The Balaban J connectivity index is 2.18. The summed E-state index contributed by atoms with van der Waals surface area (Å²) in [6.45, 7) is 8.61. The van der Waals surface area contributed by atoms with E-state index in [1.165, 1.54) is 36.1 Å². The number of hydrogen-bond acceptors (Lipinski definition) is 2. The second kappa shape index (κ2) is 5.54. The second-order valence-corrected chi connectivity index (χ2v) is 6.61. The summed E-state index contributed by atoms with van der Waals surface area (Å²) in [5.41, 5.74) is 10.5. The van der Waals surface area contributed by atoms with Gasteiger partial charge in [-0.25, -0.2) is 0 Å². The monoisotopic (exact) mass is 260 g/mol. The van der Waals surface area contributed by atoms with Gasteiger partial charge in [0, 0.05) is 24.7 Å². The van der Waals surface area contributed by atoms with Crippen molar-refractivity contribution in [2.24, 2.45) is 11.1 Å². The molecule has 1 aromatic carbocycles. The molecule has 2 nitrogen and oxygen atoms in total. The molecule has 2 heteroatoms. The number of rotatable bonds is 5. The Morgan fingerprint density at radius 3 is 2.47 bits per heavy atom. The lowest BCUT2D eigenvalue weighted by Gasteiger charge is -2.44. The summed E-state index contributed by atoms with van der Waals surface area (Å²) in [5, 5.41) is 0. The highest BCUT2D eigenvalue weighted by Gasteiger charge is 2.36. The Labute approximate surface area is 118 Å². The van der Waals surface area contributed by atoms with Gasteiger partial charge in [-0.1, -0.05) is 32.4 Å². The molecule has 0 bridgehead atoms. The molecule has 1 aliphatic rings. The van der Waals surface area contributed by atoms with Gasteiger partial charge >= 0.3 is 0 Å². The summed E-state index contributed by atoms with van der Waals surface area (Å²) in [6.07, 6.45) is 3.92. The zero-order valence-corrected chi connectivity index (χ0v) is 12.9. The molecule has 1 fully saturated rings. The normalized spacial score (nSPS) is 17.4. The van der Waals surface area contributed by atoms with Gasteiger partial charge in [-0.2, -0.15) is 0 Å². The van der Waals surface area contributed by atoms with E-state index in [-0.39, 0.29) is 0 Å². The van der Waals surface area contributed by atoms with Gasteiger partial charge in [0.05, 0.1) is 0 Å². The van der Waals surface area contributed by atoms with E-state index in [9.17, 15) is 0 Å². The highest BCUT2D eigenvalue weighted by atomic mass is 15.1. The number of aryl methyl sites for hydroxylation is 1. The molecular weight excluding hydrogens is 232 g/mol. The van der Waals surface area contributed by atoms with Crippen molar-refractivity contribution in [1.82, 2.24) is 0 Å². The summed E-state index contributed by atoms with van der Waals surface area (Å²) in [5.74, 6) is 0.583. The molecule has 0 aromatic heterocycles. The van der Waals surface area contributed by atoms with Crippen LogP contribution in [0, 0.1) is 12.3 Å². The molecular formula is C17H28N2. The molecule has 19 heavy (non-hydrogen) atoms. The van der Waals surface area contributed by atoms with Crippen molar-refractivity contribution in [2.45, 2.75) is 46.0 Å². The maximum Gasteiger partial charge on any atom is 0.0396 e. The van der Waals surface area contributed by atoms with E-state index in [0.29, 0.717) is 11.3 Å². The Morgan fingerprint density at radius 1 is 1.32 bits per heavy atom. The predicted octanol–water partition coefficient (Wildman–Crippen LogP) is 3.68. The lowest BCUT2D eigenvalue weighted by Crippen LogP contribution is -2.46. The van der Waals surface area contributed by atoms with Crippen LogP contribution in [0.3, 0.4) is 0 Å². The molecule has 1 aromatic rings. The molecule has 106 valence electrons. The average molecular weight is 260 g/mol. The molecule has 0 unspecified atom stereocenters. The van der Waals surface area contributed by atoms with E-state index >= 15 is 0 Å². The number of nitrogens with two attached hydrogens (primary N) is 1. The summed E-state index contributed by atoms with van der Waals surface area (Å²) in [6, 6.07) is 6.85. The van der Waals surface area contributed by atoms with Crippen molar-refractivity contribution in [2.75, 3.05) is 25.0 Å². The van der Waals surface area contributed by atoms with E-state index in [0.717, 1.165) is 13.1 Å². The number of benzene rings is 1. The van der Waals surface area contributed by atoms with Crippen LogP contribution in [-0.2, 0) is 0 Å². The summed E-state index contributed by atoms with van der Waals surface area (Å²) in [4.78, 5) is 2.41. The minimum atomic E-state index is 0.370. The molecule has 0 aliphatic heterocycles. The van der Waals surface area contributed by atoms with Crippen LogP contribution in [0.4, 0.5) is 5.69 Å². The molecule has 0 atom stereocenters. The van der Waals surface area contributed by atoms with Crippen molar-refractivity contribution >= 4 is 5.69 Å². The zero-order valence-electron chi connectivity index (χ0n) is 12.9. The number of nitrogens with zero attached hydrogens (tertiary/aromatic N) is 1. The van der Waals surface area contributed by atoms with Crippen LogP contribution in [0.15, 0.2) is 18.2 Å². The van der Waals surface area contributed by atoms with E-state index in [4.69, 9.17) is 5.73 Å². The summed E-state index contributed by atoms with van der Waals surface area (Å²) in [7, 11) is 2.21. The van der Waals surface area contributed by atoms with Gasteiger partial charge in [-0.15, -0.1) is 0 Å². The molecule has 0 heterocycles. The van der Waals surface area contributed by atoms with Gasteiger partial charge in [-0.05, 0) is 49.4 Å². The maximum absolute atomic E-state index is 5.98. The third-order valence-corrected chi connectivity index (χ3v) is 4.73. The lowest BCUT2D eigenvalue weighted by molar-refractivity contribution is 0.154. The van der Waals surface area contributed by atoms with Gasteiger partial charge in [0.25, 0.3) is 0 Å². The van der Waals surface area contributed by atoms with Crippen LogP contribution in [0.25, 0.3) is 0 Å². The van der Waals surface area contributed by atoms with Gasteiger partial charge in [0.15, 0.2) is 0 Å². The van der Waals surface area contributed by atoms with Gasteiger partial charge in [0.2, 0.25) is 0 Å². The summed E-state index contributed by atoms with van der Waals surface area (Å²) >= 11 is 0. The largest absolute Gasteiger partial charge is 0.374 e. The Kier molecular flexibility index (Phi) is 4.19. The molecule has 0 saturated heterocycles. The fourth-order valence-electron chi connectivity index (χ4n) is 3.09. The van der Waals surface area contributed by atoms with Crippen molar-refractivity contribution < 1.29 is 0 Å². The quantitative estimate of drug-likeness (QED) is 0.875. The fraction of sp³-hybridized carbons (Fsp3) is 0.647. The number of anilines is 1. The zero-order chi connectivity index (χ0) is 14.0. The standard InChI is InChI=1S/C17H28N2/c1-13(2)15-7-6-14(3)16(10-15)19(4)12-17(11-18)8-5-9-17/h6-7,10,13H,5,8-9,11-12,18H2,1-4H3. The second-order valence-electron chi connectivity index (χ2n) is 6.61. The molecule has 0 radical (unpaired) electrons. The van der Waals surface area contributed by atoms with Crippen LogP contribution < -0.4 is 10.6 Å². The number of hydrogen-bond donors (Lipinski definition) is 1. The van der Waals surface area contributed by atoms with Crippen molar-refractivity contribution in [3.63, 3.8) is 0 Å². The minimum Gasteiger partial charge on any atom is -0.374 e. The van der Waals surface area contributed by atoms with Crippen LogP contribution in [0.2, 0.25) is 0 Å². The SMILES string of the molecule is Cc1ccc(C(C)C)cc1N(C)CC1(CN)CCC1. The Morgan fingerprint density at radius 2 is 2.00 bits per heavy atom. The van der Waals surface area contributed by atoms with Crippen LogP contribution in [0.1, 0.15) is 50.2 Å². The first-order chi connectivity index (χ1) is 8.97. The van der Waals surface area contributed by atoms with Gasteiger partial charge in [-0.3, -0.25) is 0 Å². The topological polar surface area (TPSA) is 29.3 Å². The molecule has 0 spiro atoms. The highest BCUT2D eigenvalue weighted by Crippen LogP contribution is 2.41. The minimum absolute atomic E-state index is 0.370. The van der Waals surface area contributed by atoms with E-state index < -0.39 is 0 Å². The Hall–Kier alpha value is -1.02. The molecule has 1 aliphatic carbocycles. The van der Waals surface area contributed by atoms with Crippen molar-refractivity contribution in [1.29, 1.82) is 0 Å². The van der Waals surface area contributed by atoms with Gasteiger partial charge < -0.3 is 10.6 Å². The average Bonchev–Trinajstić information content (AvgIpc) is 2.33.